The Kier molecular flexibility index (Phi) is 3.12. The summed E-state index contributed by atoms with van der Waals surface area (Å²) in [5, 5.41) is 2.55. The van der Waals surface area contributed by atoms with Gasteiger partial charge >= 0.3 is 0 Å². The number of amides is 1. The van der Waals surface area contributed by atoms with E-state index in [0.29, 0.717) is 16.8 Å². The fourth-order valence-electron chi connectivity index (χ4n) is 2.78. The van der Waals surface area contributed by atoms with Gasteiger partial charge in [-0.15, -0.1) is 0 Å². The third-order valence-corrected chi connectivity index (χ3v) is 4.00. The number of likely N-dealkylation sites (tertiary alicyclic amines) is 1. The topological polar surface area (TPSA) is 66.5 Å². The van der Waals surface area contributed by atoms with Crippen molar-refractivity contribution in [2.45, 2.75) is 26.3 Å². The normalized spacial score (nSPS) is 21.0. The van der Waals surface area contributed by atoms with Crippen LogP contribution in [-0.2, 0) is 4.79 Å². The Morgan fingerprint density at radius 3 is 2.29 bits per heavy atom. The lowest BCUT2D eigenvalue weighted by Gasteiger charge is -2.43. The summed E-state index contributed by atoms with van der Waals surface area (Å²) in [6.45, 7) is 4.06. The van der Waals surface area contributed by atoms with Crippen molar-refractivity contribution in [2.24, 2.45) is 0 Å². The zero-order valence-electron chi connectivity index (χ0n) is 12.0. The third kappa shape index (κ3) is 2.05. The molecule has 0 unspecified atom stereocenters. The average molecular weight is 284 g/mol. The lowest BCUT2D eigenvalue weighted by Crippen LogP contribution is -2.50. The largest absolute Gasteiger partial charge is 0.364 e. The van der Waals surface area contributed by atoms with Crippen LogP contribution in [0, 0.1) is 0 Å². The summed E-state index contributed by atoms with van der Waals surface area (Å²) in [5.41, 5.74) is 1.19. The van der Waals surface area contributed by atoms with E-state index in [1.807, 2.05) is 11.8 Å². The van der Waals surface area contributed by atoms with Crippen LogP contribution in [-0.4, -0.2) is 35.0 Å². The number of fused-ring (bicyclic) bond motifs is 1. The van der Waals surface area contributed by atoms with E-state index in [2.05, 4.69) is 5.32 Å². The van der Waals surface area contributed by atoms with Crippen LogP contribution >= 0.6 is 0 Å². The molecule has 2 aliphatic rings. The monoisotopic (exact) mass is 284 g/mol. The maximum Gasteiger partial charge on any atom is 0.221 e. The Hall–Kier alpha value is -2.43. The van der Waals surface area contributed by atoms with Gasteiger partial charge in [-0.1, -0.05) is 24.3 Å². The van der Waals surface area contributed by atoms with Gasteiger partial charge in [-0.25, -0.2) is 0 Å². The highest BCUT2D eigenvalue weighted by Gasteiger charge is 2.39. The Labute approximate surface area is 122 Å². The van der Waals surface area contributed by atoms with Gasteiger partial charge in [0.15, 0.2) is 0 Å². The predicted octanol–water partition coefficient (Wildman–Crippen LogP) is 1.51. The number of ketones is 2. The minimum atomic E-state index is -0.351. The lowest BCUT2D eigenvalue weighted by atomic mass is 9.87. The minimum absolute atomic E-state index is 0.109. The van der Waals surface area contributed by atoms with Gasteiger partial charge in [-0.2, -0.15) is 0 Å². The molecule has 0 spiro atoms. The number of carbonyl (C=O) groups excluding carboxylic acids is 3. The van der Waals surface area contributed by atoms with Crippen LogP contribution in [0.5, 0.6) is 0 Å². The molecule has 0 saturated carbocycles. The second-order valence-electron chi connectivity index (χ2n) is 5.44. The van der Waals surface area contributed by atoms with E-state index in [4.69, 9.17) is 0 Å². The number of hydrogen-bond donors (Lipinski definition) is 1. The summed E-state index contributed by atoms with van der Waals surface area (Å²) in [5.74, 6) is -0.841. The maximum atomic E-state index is 12.7. The van der Waals surface area contributed by atoms with Crippen molar-refractivity contribution in [1.29, 1.82) is 0 Å². The Bertz CT molecular complexity index is 691. The number of nitrogens with zero attached hydrogens (tertiary/aromatic N) is 1. The molecule has 1 saturated heterocycles. The van der Waals surface area contributed by atoms with Crippen molar-refractivity contribution in [1.82, 2.24) is 10.2 Å². The molecular formula is C16H16N2O3. The van der Waals surface area contributed by atoms with Gasteiger partial charge in [0.05, 0.1) is 0 Å². The first kappa shape index (κ1) is 13.5. The smallest absolute Gasteiger partial charge is 0.221 e. The molecule has 1 heterocycles. The van der Waals surface area contributed by atoms with Crippen molar-refractivity contribution in [3.8, 4) is 0 Å². The van der Waals surface area contributed by atoms with Crippen molar-refractivity contribution in [2.75, 3.05) is 6.54 Å². The standard InChI is InChI=1S/C16H16N2O3/c1-9-7-8-18(9)14-13(17-10(2)19)15(20)11-5-3-4-6-12(11)16(14)21/h3-6,9H,7-8H2,1-2H3,(H,17,19)/t9-/m0/s1. The lowest BCUT2D eigenvalue weighted by molar-refractivity contribution is -0.118. The number of nitrogens with one attached hydrogen (secondary N) is 1. The molecule has 1 aliphatic heterocycles. The van der Waals surface area contributed by atoms with E-state index in [-0.39, 0.29) is 29.2 Å². The van der Waals surface area contributed by atoms with E-state index in [1.54, 1.807) is 24.3 Å². The van der Waals surface area contributed by atoms with Crippen LogP contribution in [0.4, 0.5) is 0 Å². The first-order valence-electron chi connectivity index (χ1n) is 6.97. The van der Waals surface area contributed by atoms with Gasteiger partial charge in [-0.3, -0.25) is 14.4 Å². The summed E-state index contributed by atoms with van der Waals surface area (Å²) in [4.78, 5) is 38.6. The molecule has 108 valence electrons. The van der Waals surface area contributed by atoms with Gasteiger partial charge in [0.2, 0.25) is 17.5 Å². The quantitative estimate of drug-likeness (QED) is 0.894. The molecule has 0 aromatic heterocycles. The molecule has 1 atom stereocenters. The van der Waals surface area contributed by atoms with E-state index >= 15 is 0 Å². The fourth-order valence-corrected chi connectivity index (χ4v) is 2.78. The zero-order chi connectivity index (χ0) is 15.1. The summed E-state index contributed by atoms with van der Waals surface area (Å²) < 4.78 is 0. The summed E-state index contributed by atoms with van der Waals surface area (Å²) in [6.07, 6.45) is 0.972. The SMILES string of the molecule is CC(=O)NC1=C(N2CC[C@@H]2C)C(=O)c2ccccc2C1=O. The molecule has 1 fully saturated rings. The molecular weight excluding hydrogens is 268 g/mol. The molecule has 1 aliphatic carbocycles. The van der Waals surface area contributed by atoms with E-state index in [0.717, 1.165) is 13.0 Å². The van der Waals surface area contributed by atoms with Crippen LogP contribution < -0.4 is 5.32 Å². The summed E-state index contributed by atoms with van der Waals surface area (Å²) >= 11 is 0. The molecule has 3 rings (SSSR count). The first-order valence-corrected chi connectivity index (χ1v) is 6.97. The summed E-state index contributed by atoms with van der Waals surface area (Å²) in [6, 6.07) is 6.93. The summed E-state index contributed by atoms with van der Waals surface area (Å²) in [7, 11) is 0. The Balaban J connectivity index is 2.16. The molecule has 5 nitrogen and oxygen atoms in total. The second-order valence-corrected chi connectivity index (χ2v) is 5.44. The third-order valence-electron chi connectivity index (χ3n) is 4.00. The van der Waals surface area contributed by atoms with Gasteiger partial charge < -0.3 is 10.2 Å². The number of Topliss-reactive ketones (excluding diaryl/α,β-unsaturated/α-hetero) is 2. The van der Waals surface area contributed by atoms with Gasteiger partial charge in [-0.05, 0) is 13.3 Å². The van der Waals surface area contributed by atoms with Gasteiger partial charge in [0, 0.05) is 30.6 Å². The van der Waals surface area contributed by atoms with Crippen molar-refractivity contribution in [3.05, 3.63) is 46.8 Å². The number of allylic oxidation sites excluding steroid dienone is 2. The number of rotatable bonds is 2. The predicted molar refractivity (Wildman–Crippen MR) is 76.7 cm³/mol. The molecule has 5 heteroatoms. The Morgan fingerprint density at radius 1 is 1.19 bits per heavy atom. The number of hydrogen-bond acceptors (Lipinski definition) is 4. The zero-order valence-corrected chi connectivity index (χ0v) is 12.0. The minimum Gasteiger partial charge on any atom is -0.364 e. The molecule has 1 aromatic rings. The van der Waals surface area contributed by atoms with Crippen LogP contribution in [0.15, 0.2) is 35.7 Å². The molecule has 1 N–H and O–H groups in total. The van der Waals surface area contributed by atoms with Crippen LogP contribution in [0.3, 0.4) is 0 Å². The highest BCUT2D eigenvalue weighted by molar-refractivity contribution is 6.27. The van der Waals surface area contributed by atoms with Crippen molar-refractivity contribution < 1.29 is 14.4 Å². The highest BCUT2D eigenvalue weighted by Crippen LogP contribution is 2.32. The molecule has 1 amide bonds. The van der Waals surface area contributed by atoms with Crippen LogP contribution in [0.2, 0.25) is 0 Å². The Morgan fingerprint density at radius 2 is 1.81 bits per heavy atom. The van der Waals surface area contributed by atoms with Gasteiger partial charge in [0.25, 0.3) is 0 Å². The van der Waals surface area contributed by atoms with E-state index in [1.165, 1.54) is 6.92 Å². The fraction of sp³-hybridized carbons (Fsp3) is 0.312. The van der Waals surface area contributed by atoms with Crippen molar-refractivity contribution >= 4 is 17.5 Å². The van der Waals surface area contributed by atoms with Crippen molar-refractivity contribution in [3.63, 3.8) is 0 Å². The van der Waals surface area contributed by atoms with E-state index < -0.39 is 0 Å². The molecule has 0 radical (unpaired) electrons. The maximum absolute atomic E-state index is 12.7. The second kappa shape index (κ2) is 4.84. The number of benzene rings is 1. The van der Waals surface area contributed by atoms with E-state index in [9.17, 15) is 14.4 Å². The molecule has 21 heavy (non-hydrogen) atoms. The molecule has 0 bridgehead atoms. The number of carbonyl (C=O) groups is 3. The van der Waals surface area contributed by atoms with Crippen LogP contribution in [0.1, 0.15) is 41.0 Å². The molecule has 1 aromatic carbocycles. The average Bonchev–Trinajstić information content (AvgIpc) is 2.46. The van der Waals surface area contributed by atoms with Gasteiger partial charge in [0.1, 0.15) is 11.4 Å². The highest BCUT2D eigenvalue weighted by atomic mass is 16.2. The first-order chi connectivity index (χ1) is 10.0. The van der Waals surface area contributed by atoms with Crippen LogP contribution in [0.25, 0.3) is 0 Å².